The van der Waals surface area contributed by atoms with Crippen LogP contribution in [0.2, 0.25) is 0 Å². The zero-order valence-corrected chi connectivity index (χ0v) is 13.1. The lowest BCUT2D eigenvalue weighted by Crippen LogP contribution is -2.22. The first kappa shape index (κ1) is 15.8. The van der Waals surface area contributed by atoms with Gasteiger partial charge in [-0.25, -0.2) is 9.37 Å². The summed E-state index contributed by atoms with van der Waals surface area (Å²) in [7, 11) is 0. The summed E-state index contributed by atoms with van der Waals surface area (Å²) >= 11 is 3.08. The summed E-state index contributed by atoms with van der Waals surface area (Å²) in [4.78, 5) is 8.17. The molecule has 0 spiro atoms. The van der Waals surface area contributed by atoms with Crippen molar-refractivity contribution in [3.63, 3.8) is 0 Å². The molecule has 1 aromatic heterocycles. The minimum Gasteiger partial charge on any atom is -0.434 e. The molecule has 112 valence electrons. The Labute approximate surface area is 129 Å². The highest BCUT2D eigenvalue weighted by Crippen LogP contribution is 2.28. The van der Waals surface area contributed by atoms with E-state index in [4.69, 9.17) is 4.74 Å². The molecule has 0 aliphatic carbocycles. The number of rotatable bonds is 5. The standard InChI is InChI=1S/C14H14BrF2N3O/c1-8(2)19-6-10-5-18-7-13(20-10)21-12-4-9(15)3-11(16)14(12)17/h3-5,7-8,19H,6H2,1-2H3. The fraction of sp³-hybridized carbons (Fsp3) is 0.286. The van der Waals surface area contributed by atoms with E-state index >= 15 is 0 Å². The van der Waals surface area contributed by atoms with Gasteiger partial charge in [0.1, 0.15) is 0 Å². The summed E-state index contributed by atoms with van der Waals surface area (Å²) in [5, 5.41) is 3.18. The van der Waals surface area contributed by atoms with E-state index in [0.29, 0.717) is 22.8 Å². The van der Waals surface area contributed by atoms with Gasteiger partial charge in [0, 0.05) is 23.3 Å². The number of hydrogen-bond donors (Lipinski definition) is 1. The number of nitrogens with one attached hydrogen (secondary N) is 1. The molecule has 0 fully saturated rings. The average molecular weight is 358 g/mol. The Morgan fingerprint density at radius 1 is 1.29 bits per heavy atom. The lowest BCUT2D eigenvalue weighted by molar-refractivity contribution is 0.401. The topological polar surface area (TPSA) is 47.0 Å². The smallest absolute Gasteiger partial charge is 0.238 e. The van der Waals surface area contributed by atoms with Gasteiger partial charge in [0.05, 0.1) is 11.9 Å². The second kappa shape index (κ2) is 6.91. The van der Waals surface area contributed by atoms with Crippen molar-refractivity contribution in [2.24, 2.45) is 0 Å². The quantitative estimate of drug-likeness (QED) is 0.826. The Hall–Kier alpha value is -1.60. The predicted molar refractivity (Wildman–Crippen MR) is 78.1 cm³/mol. The third-order valence-corrected chi connectivity index (χ3v) is 2.99. The van der Waals surface area contributed by atoms with E-state index in [2.05, 4.69) is 31.2 Å². The summed E-state index contributed by atoms with van der Waals surface area (Å²) in [5.74, 6) is -2.20. The molecular weight excluding hydrogens is 344 g/mol. The Bertz CT molecular complexity index is 638. The van der Waals surface area contributed by atoms with E-state index in [0.717, 1.165) is 6.07 Å². The molecule has 1 heterocycles. The monoisotopic (exact) mass is 357 g/mol. The molecule has 0 amide bonds. The molecular formula is C14H14BrF2N3O. The van der Waals surface area contributed by atoms with Crippen LogP contribution in [-0.2, 0) is 6.54 Å². The first-order chi connectivity index (χ1) is 9.95. The summed E-state index contributed by atoms with van der Waals surface area (Å²) in [6, 6.07) is 2.66. The Balaban J connectivity index is 2.18. The van der Waals surface area contributed by atoms with Gasteiger partial charge < -0.3 is 10.1 Å². The van der Waals surface area contributed by atoms with Gasteiger partial charge >= 0.3 is 0 Å². The molecule has 1 N–H and O–H groups in total. The zero-order chi connectivity index (χ0) is 15.4. The van der Waals surface area contributed by atoms with Crippen LogP contribution in [-0.4, -0.2) is 16.0 Å². The Kier molecular flexibility index (Phi) is 5.19. The van der Waals surface area contributed by atoms with Gasteiger partial charge in [-0.05, 0) is 12.1 Å². The van der Waals surface area contributed by atoms with Crippen LogP contribution in [0.3, 0.4) is 0 Å². The van der Waals surface area contributed by atoms with Gasteiger partial charge in [0.15, 0.2) is 11.6 Å². The second-order valence-electron chi connectivity index (χ2n) is 4.69. The molecule has 21 heavy (non-hydrogen) atoms. The van der Waals surface area contributed by atoms with Gasteiger partial charge in [0.25, 0.3) is 0 Å². The maximum absolute atomic E-state index is 13.6. The van der Waals surface area contributed by atoms with E-state index in [9.17, 15) is 8.78 Å². The fourth-order valence-electron chi connectivity index (χ4n) is 1.55. The third kappa shape index (κ3) is 4.44. The normalized spacial score (nSPS) is 11.0. The van der Waals surface area contributed by atoms with Crippen LogP contribution in [0.25, 0.3) is 0 Å². The lowest BCUT2D eigenvalue weighted by atomic mass is 10.3. The van der Waals surface area contributed by atoms with Crippen molar-refractivity contribution < 1.29 is 13.5 Å². The van der Waals surface area contributed by atoms with Crippen LogP contribution in [0.15, 0.2) is 29.0 Å². The van der Waals surface area contributed by atoms with Crippen LogP contribution < -0.4 is 10.1 Å². The summed E-state index contributed by atoms with van der Waals surface area (Å²) in [6.07, 6.45) is 2.93. The maximum atomic E-state index is 13.6. The fourth-order valence-corrected chi connectivity index (χ4v) is 1.96. The number of nitrogens with zero attached hydrogens (tertiary/aromatic N) is 2. The minimum atomic E-state index is -1.06. The van der Waals surface area contributed by atoms with Crippen LogP contribution >= 0.6 is 15.9 Å². The second-order valence-corrected chi connectivity index (χ2v) is 5.60. The molecule has 0 aliphatic heterocycles. The Morgan fingerprint density at radius 2 is 2.05 bits per heavy atom. The van der Waals surface area contributed by atoms with E-state index in [1.165, 1.54) is 12.3 Å². The molecule has 0 unspecified atom stereocenters. The van der Waals surface area contributed by atoms with E-state index in [1.807, 2.05) is 13.8 Å². The maximum Gasteiger partial charge on any atom is 0.238 e. The molecule has 2 rings (SSSR count). The van der Waals surface area contributed by atoms with E-state index < -0.39 is 11.6 Å². The minimum absolute atomic E-state index is 0.106. The highest BCUT2D eigenvalue weighted by molar-refractivity contribution is 9.10. The van der Waals surface area contributed by atoms with Crippen molar-refractivity contribution in [1.29, 1.82) is 0 Å². The van der Waals surface area contributed by atoms with Crippen molar-refractivity contribution in [3.05, 3.63) is 46.3 Å². The molecule has 4 nitrogen and oxygen atoms in total. The van der Waals surface area contributed by atoms with Crippen molar-refractivity contribution in [2.45, 2.75) is 26.4 Å². The van der Waals surface area contributed by atoms with Crippen molar-refractivity contribution >= 4 is 15.9 Å². The van der Waals surface area contributed by atoms with Gasteiger partial charge in [-0.3, -0.25) is 4.98 Å². The zero-order valence-electron chi connectivity index (χ0n) is 11.5. The molecule has 0 bridgehead atoms. The summed E-state index contributed by atoms with van der Waals surface area (Å²) in [6.45, 7) is 4.53. The molecule has 0 aliphatic rings. The molecule has 2 aromatic rings. The predicted octanol–water partition coefficient (Wildman–Crippen LogP) is 3.81. The van der Waals surface area contributed by atoms with Crippen molar-refractivity contribution in [3.8, 4) is 11.6 Å². The highest BCUT2D eigenvalue weighted by atomic mass is 79.9. The van der Waals surface area contributed by atoms with Crippen molar-refractivity contribution in [2.75, 3.05) is 0 Å². The number of aromatic nitrogens is 2. The molecule has 7 heteroatoms. The molecule has 1 aromatic carbocycles. The van der Waals surface area contributed by atoms with Gasteiger partial charge in [-0.15, -0.1) is 0 Å². The SMILES string of the molecule is CC(C)NCc1cncc(Oc2cc(Br)cc(F)c2F)n1. The van der Waals surface area contributed by atoms with Gasteiger partial charge in [-0.2, -0.15) is 4.39 Å². The molecule has 0 radical (unpaired) electrons. The largest absolute Gasteiger partial charge is 0.434 e. The Morgan fingerprint density at radius 3 is 2.76 bits per heavy atom. The number of halogens is 3. The molecule has 0 atom stereocenters. The number of benzene rings is 1. The summed E-state index contributed by atoms with van der Waals surface area (Å²) in [5.41, 5.74) is 0.650. The van der Waals surface area contributed by atoms with E-state index in [1.54, 1.807) is 6.20 Å². The average Bonchev–Trinajstić information content (AvgIpc) is 2.42. The van der Waals surface area contributed by atoms with Crippen LogP contribution in [0, 0.1) is 11.6 Å². The van der Waals surface area contributed by atoms with E-state index in [-0.39, 0.29) is 11.6 Å². The molecule has 0 saturated carbocycles. The van der Waals surface area contributed by atoms with Crippen LogP contribution in [0.5, 0.6) is 11.6 Å². The van der Waals surface area contributed by atoms with Crippen LogP contribution in [0.1, 0.15) is 19.5 Å². The van der Waals surface area contributed by atoms with Crippen LogP contribution in [0.4, 0.5) is 8.78 Å². The third-order valence-electron chi connectivity index (χ3n) is 2.53. The number of hydrogen-bond acceptors (Lipinski definition) is 4. The lowest BCUT2D eigenvalue weighted by Gasteiger charge is -2.10. The first-order valence-corrected chi connectivity index (χ1v) is 7.11. The summed E-state index contributed by atoms with van der Waals surface area (Å²) < 4.78 is 32.6. The first-order valence-electron chi connectivity index (χ1n) is 6.32. The van der Waals surface area contributed by atoms with Crippen molar-refractivity contribution in [1.82, 2.24) is 15.3 Å². The highest BCUT2D eigenvalue weighted by Gasteiger charge is 2.13. The van der Waals surface area contributed by atoms with Gasteiger partial charge in [-0.1, -0.05) is 29.8 Å². The number of ether oxygens (including phenoxy) is 1. The van der Waals surface area contributed by atoms with Gasteiger partial charge in [0.2, 0.25) is 11.7 Å². The molecule has 0 saturated heterocycles.